The maximum Gasteiger partial charge on any atom is 0.267 e. The van der Waals surface area contributed by atoms with Gasteiger partial charge in [-0.3, -0.25) is 4.79 Å². The van der Waals surface area contributed by atoms with Crippen LogP contribution in [0.2, 0.25) is 0 Å². The van der Waals surface area contributed by atoms with Crippen molar-refractivity contribution in [3.05, 3.63) is 18.0 Å². The highest BCUT2D eigenvalue weighted by molar-refractivity contribution is 7.89. The van der Waals surface area contributed by atoms with Gasteiger partial charge in [-0.05, 0) is 12.5 Å². The summed E-state index contributed by atoms with van der Waals surface area (Å²) in [7, 11) is -3.75. The molecule has 0 spiro atoms. The van der Waals surface area contributed by atoms with E-state index in [9.17, 15) is 13.2 Å². The Bertz CT molecular complexity index is 449. The van der Waals surface area contributed by atoms with Crippen LogP contribution in [0.15, 0.2) is 17.2 Å². The lowest BCUT2D eigenvalue weighted by molar-refractivity contribution is 0.0949. The van der Waals surface area contributed by atoms with E-state index in [2.05, 4.69) is 10.3 Å². The second-order valence-corrected chi connectivity index (χ2v) is 4.61. The minimum Gasteiger partial charge on any atom is -0.356 e. The molecule has 0 unspecified atom stereocenters. The van der Waals surface area contributed by atoms with E-state index < -0.39 is 10.0 Å². The molecule has 6 nitrogen and oxygen atoms in total. The van der Waals surface area contributed by atoms with Crippen molar-refractivity contribution in [3.8, 4) is 0 Å². The maximum atomic E-state index is 11.4. The van der Waals surface area contributed by atoms with E-state index in [1.807, 2.05) is 6.92 Å². The quantitative estimate of drug-likeness (QED) is 0.668. The van der Waals surface area contributed by atoms with Gasteiger partial charge >= 0.3 is 0 Å². The van der Waals surface area contributed by atoms with E-state index in [0.717, 1.165) is 6.42 Å². The number of rotatable bonds is 4. The van der Waals surface area contributed by atoms with Gasteiger partial charge in [-0.15, -0.1) is 0 Å². The molecule has 1 amide bonds. The average molecular weight is 231 g/mol. The van der Waals surface area contributed by atoms with Gasteiger partial charge in [-0.1, -0.05) is 6.92 Å². The van der Waals surface area contributed by atoms with E-state index in [-0.39, 0.29) is 16.5 Å². The summed E-state index contributed by atoms with van der Waals surface area (Å²) in [5.41, 5.74) is 0.187. The molecule has 84 valence electrons. The van der Waals surface area contributed by atoms with Crippen LogP contribution < -0.4 is 10.5 Å². The zero-order valence-corrected chi connectivity index (χ0v) is 9.10. The number of nitrogens with one attached hydrogen (secondary N) is 2. The van der Waals surface area contributed by atoms with Gasteiger partial charge in [0, 0.05) is 12.7 Å². The van der Waals surface area contributed by atoms with Crippen molar-refractivity contribution >= 4 is 15.9 Å². The van der Waals surface area contributed by atoms with Crippen LogP contribution in [-0.2, 0) is 10.0 Å². The number of H-pyrrole nitrogens is 1. The molecule has 0 aliphatic carbocycles. The SMILES string of the molecule is CCCNC(=O)c1cc(S(N)(=O)=O)c[nH]1. The zero-order chi connectivity index (χ0) is 11.5. The largest absolute Gasteiger partial charge is 0.356 e. The van der Waals surface area contributed by atoms with E-state index in [0.29, 0.717) is 6.54 Å². The molecule has 0 atom stereocenters. The summed E-state index contributed by atoms with van der Waals surface area (Å²) in [4.78, 5) is 13.8. The van der Waals surface area contributed by atoms with E-state index >= 15 is 0 Å². The molecule has 1 rings (SSSR count). The van der Waals surface area contributed by atoms with Crippen molar-refractivity contribution in [3.63, 3.8) is 0 Å². The first-order valence-corrected chi connectivity index (χ1v) is 5.99. The lowest BCUT2D eigenvalue weighted by Gasteiger charge is -1.99. The molecule has 0 saturated carbocycles. The highest BCUT2D eigenvalue weighted by atomic mass is 32.2. The van der Waals surface area contributed by atoms with E-state index in [4.69, 9.17) is 5.14 Å². The highest BCUT2D eigenvalue weighted by Crippen LogP contribution is 2.08. The molecule has 15 heavy (non-hydrogen) atoms. The molecular weight excluding hydrogens is 218 g/mol. The fourth-order valence-corrected chi connectivity index (χ4v) is 1.51. The normalized spacial score (nSPS) is 11.3. The first-order valence-electron chi connectivity index (χ1n) is 4.44. The predicted molar refractivity (Wildman–Crippen MR) is 54.8 cm³/mol. The standard InChI is InChI=1S/C8H13N3O3S/c1-2-3-10-8(12)7-4-6(5-11-7)15(9,13)14/h4-5,11H,2-3H2,1H3,(H,10,12)(H2,9,13,14). The smallest absolute Gasteiger partial charge is 0.267 e. The van der Waals surface area contributed by atoms with Crippen molar-refractivity contribution in [2.75, 3.05) is 6.54 Å². The fraction of sp³-hybridized carbons (Fsp3) is 0.375. The molecule has 0 aliphatic heterocycles. The topological polar surface area (TPSA) is 105 Å². The summed E-state index contributed by atoms with van der Waals surface area (Å²) < 4.78 is 21.8. The molecular formula is C8H13N3O3S. The Morgan fingerprint density at radius 1 is 1.60 bits per heavy atom. The van der Waals surface area contributed by atoms with Crippen LogP contribution in [0.4, 0.5) is 0 Å². The Morgan fingerprint density at radius 3 is 2.73 bits per heavy atom. The molecule has 0 fully saturated rings. The van der Waals surface area contributed by atoms with Crippen molar-refractivity contribution < 1.29 is 13.2 Å². The van der Waals surface area contributed by atoms with Crippen LogP contribution in [0.1, 0.15) is 23.8 Å². The minimum absolute atomic E-state index is 0.0934. The Hall–Kier alpha value is -1.34. The van der Waals surface area contributed by atoms with Crippen LogP contribution in [0.3, 0.4) is 0 Å². The molecule has 0 aromatic carbocycles. The number of carbonyl (C=O) groups excluding carboxylic acids is 1. The van der Waals surface area contributed by atoms with Gasteiger partial charge < -0.3 is 10.3 Å². The molecule has 4 N–H and O–H groups in total. The number of nitrogens with two attached hydrogens (primary N) is 1. The van der Waals surface area contributed by atoms with Crippen molar-refractivity contribution in [1.82, 2.24) is 10.3 Å². The highest BCUT2D eigenvalue weighted by Gasteiger charge is 2.13. The van der Waals surface area contributed by atoms with Crippen LogP contribution in [0.25, 0.3) is 0 Å². The lowest BCUT2D eigenvalue weighted by atomic mass is 10.4. The third-order valence-electron chi connectivity index (χ3n) is 1.77. The van der Waals surface area contributed by atoms with Gasteiger partial charge in [0.2, 0.25) is 10.0 Å². The van der Waals surface area contributed by atoms with Gasteiger partial charge in [0.1, 0.15) is 5.69 Å². The number of sulfonamides is 1. The second-order valence-electron chi connectivity index (χ2n) is 3.05. The molecule has 7 heteroatoms. The first kappa shape index (κ1) is 11.7. The van der Waals surface area contributed by atoms with E-state index in [1.165, 1.54) is 12.3 Å². The number of primary sulfonamides is 1. The summed E-state index contributed by atoms with van der Waals surface area (Å²) in [6.07, 6.45) is 2.00. The number of aromatic amines is 1. The Labute approximate surface area is 87.9 Å². The van der Waals surface area contributed by atoms with Gasteiger partial charge in [-0.2, -0.15) is 0 Å². The number of hydrogen-bond acceptors (Lipinski definition) is 3. The summed E-state index contributed by atoms with van der Waals surface area (Å²) in [5.74, 6) is -0.341. The van der Waals surface area contributed by atoms with Crippen LogP contribution in [0.5, 0.6) is 0 Å². The summed E-state index contributed by atoms with van der Waals surface area (Å²) >= 11 is 0. The number of hydrogen-bond donors (Lipinski definition) is 3. The first-order chi connectivity index (χ1) is 6.95. The minimum atomic E-state index is -3.75. The van der Waals surface area contributed by atoms with Crippen molar-refractivity contribution in [1.29, 1.82) is 0 Å². The van der Waals surface area contributed by atoms with Crippen molar-refractivity contribution in [2.24, 2.45) is 5.14 Å². The third kappa shape index (κ3) is 3.07. The Balaban J connectivity index is 2.81. The van der Waals surface area contributed by atoms with E-state index in [1.54, 1.807) is 0 Å². The maximum absolute atomic E-state index is 11.4. The van der Waals surface area contributed by atoms with Crippen LogP contribution >= 0.6 is 0 Å². The molecule has 0 saturated heterocycles. The van der Waals surface area contributed by atoms with Gasteiger partial charge in [0.25, 0.3) is 5.91 Å². The average Bonchev–Trinajstić information content (AvgIpc) is 2.62. The molecule has 1 heterocycles. The monoisotopic (exact) mass is 231 g/mol. The summed E-state index contributed by atoms with van der Waals surface area (Å²) in [6.45, 7) is 2.47. The molecule has 0 radical (unpaired) electrons. The van der Waals surface area contributed by atoms with Crippen molar-refractivity contribution in [2.45, 2.75) is 18.2 Å². The van der Waals surface area contributed by atoms with Crippen LogP contribution in [-0.4, -0.2) is 25.9 Å². The fourth-order valence-electron chi connectivity index (χ4n) is 1.00. The molecule has 1 aromatic heterocycles. The van der Waals surface area contributed by atoms with Crippen LogP contribution in [0, 0.1) is 0 Å². The Kier molecular flexibility index (Phi) is 3.48. The summed E-state index contributed by atoms with van der Waals surface area (Å²) in [6, 6.07) is 1.21. The van der Waals surface area contributed by atoms with Gasteiger partial charge in [0.05, 0.1) is 4.90 Å². The van der Waals surface area contributed by atoms with Gasteiger partial charge in [-0.25, -0.2) is 13.6 Å². The van der Waals surface area contributed by atoms with Gasteiger partial charge in [0.15, 0.2) is 0 Å². The number of aromatic nitrogens is 1. The molecule has 0 bridgehead atoms. The number of carbonyl (C=O) groups is 1. The molecule has 1 aromatic rings. The number of amides is 1. The zero-order valence-electron chi connectivity index (χ0n) is 8.28. The molecule has 0 aliphatic rings. The predicted octanol–water partition coefficient (Wildman–Crippen LogP) is -0.198. The lowest BCUT2D eigenvalue weighted by Crippen LogP contribution is -2.24. The summed E-state index contributed by atoms with van der Waals surface area (Å²) in [5, 5.41) is 7.50. The Morgan fingerprint density at radius 2 is 2.27 bits per heavy atom. The third-order valence-corrected chi connectivity index (χ3v) is 2.66. The second kappa shape index (κ2) is 4.45.